The highest BCUT2D eigenvalue weighted by Crippen LogP contribution is 2.22. The summed E-state index contributed by atoms with van der Waals surface area (Å²) in [5.74, 6) is 0.226. The van der Waals surface area contributed by atoms with Crippen LogP contribution in [-0.2, 0) is 4.79 Å². The zero-order chi connectivity index (χ0) is 14.4. The van der Waals surface area contributed by atoms with Crippen molar-refractivity contribution in [2.24, 2.45) is 0 Å². The molecule has 0 spiro atoms. The lowest BCUT2D eigenvalue weighted by molar-refractivity contribution is -0.136. The Balaban J connectivity index is 2.19. The van der Waals surface area contributed by atoms with Crippen molar-refractivity contribution in [3.8, 4) is 0 Å². The Morgan fingerprint density at radius 2 is 2.05 bits per heavy atom. The molecule has 4 nitrogen and oxygen atoms in total. The molecule has 1 amide bonds. The van der Waals surface area contributed by atoms with Gasteiger partial charge in [0.15, 0.2) is 0 Å². The maximum Gasteiger partial charge on any atom is 0.244 e. The van der Waals surface area contributed by atoms with E-state index in [9.17, 15) is 4.79 Å². The van der Waals surface area contributed by atoms with E-state index < -0.39 is 0 Å². The van der Waals surface area contributed by atoms with Gasteiger partial charge in [-0.05, 0) is 32.1 Å². The first-order valence-electron chi connectivity index (χ1n) is 7.48. The molecule has 1 aromatic rings. The molecule has 0 aromatic heterocycles. The Kier molecular flexibility index (Phi) is 5.56. The van der Waals surface area contributed by atoms with Crippen LogP contribution in [-0.4, -0.2) is 55.5 Å². The minimum absolute atomic E-state index is 0.167. The molecule has 1 heterocycles. The fraction of sp³-hybridized carbons (Fsp3) is 0.562. The van der Waals surface area contributed by atoms with Gasteiger partial charge in [0.05, 0.1) is 0 Å². The van der Waals surface area contributed by atoms with Gasteiger partial charge in [0.1, 0.15) is 6.04 Å². The summed E-state index contributed by atoms with van der Waals surface area (Å²) in [6.45, 7) is 6.50. The summed E-state index contributed by atoms with van der Waals surface area (Å²) in [7, 11) is 2.02. The molecule has 1 aromatic carbocycles. The van der Waals surface area contributed by atoms with Crippen molar-refractivity contribution < 1.29 is 4.79 Å². The first-order valence-corrected chi connectivity index (χ1v) is 7.48. The second-order valence-electron chi connectivity index (χ2n) is 5.32. The average Bonchev–Trinajstić information content (AvgIpc) is 2.77. The Labute approximate surface area is 121 Å². The summed E-state index contributed by atoms with van der Waals surface area (Å²) < 4.78 is 0. The van der Waals surface area contributed by atoms with Gasteiger partial charge in [-0.2, -0.15) is 0 Å². The summed E-state index contributed by atoms with van der Waals surface area (Å²) in [5, 5.41) is 3.35. The van der Waals surface area contributed by atoms with Gasteiger partial charge < -0.3 is 10.2 Å². The Bertz CT molecular complexity index is 413. The summed E-state index contributed by atoms with van der Waals surface area (Å²) in [5.41, 5.74) is 1.08. The van der Waals surface area contributed by atoms with Crippen LogP contribution in [0, 0.1) is 0 Å². The van der Waals surface area contributed by atoms with Crippen LogP contribution in [0.2, 0.25) is 0 Å². The zero-order valence-corrected chi connectivity index (χ0v) is 12.5. The number of nitrogens with one attached hydrogen (secondary N) is 1. The van der Waals surface area contributed by atoms with Gasteiger partial charge in [-0.3, -0.25) is 9.69 Å². The first kappa shape index (κ1) is 15.0. The van der Waals surface area contributed by atoms with Crippen molar-refractivity contribution in [1.29, 1.82) is 0 Å². The van der Waals surface area contributed by atoms with Crippen LogP contribution in [0.3, 0.4) is 0 Å². The van der Waals surface area contributed by atoms with Gasteiger partial charge in [-0.25, -0.2) is 0 Å². The number of nitrogens with zero attached hydrogens (tertiary/aromatic N) is 2. The normalized spacial score (nSPS) is 17.9. The summed E-state index contributed by atoms with van der Waals surface area (Å²) in [6.07, 6.45) is 1.03. The lowest BCUT2D eigenvalue weighted by Crippen LogP contribution is -2.43. The molecule has 0 saturated carbocycles. The molecule has 1 unspecified atom stereocenters. The Morgan fingerprint density at radius 1 is 1.30 bits per heavy atom. The average molecular weight is 275 g/mol. The minimum Gasteiger partial charge on any atom is -0.340 e. The molecular weight excluding hydrogens is 250 g/mol. The molecule has 20 heavy (non-hydrogen) atoms. The molecule has 1 fully saturated rings. The van der Waals surface area contributed by atoms with Crippen LogP contribution in [0.15, 0.2) is 30.3 Å². The highest BCUT2D eigenvalue weighted by atomic mass is 16.2. The number of rotatable bonds is 4. The van der Waals surface area contributed by atoms with Crippen molar-refractivity contribution >= 4 is 5.91 Å². The molecule has 1 aliphatic rings. The smallest absolute Gasteiger partial charge is 0.244 e. The van der Waals surface area contributed by atoms with E-state index in [1.807, 2.05) is 42.3 Å². The van der Waals surface area contributed by atoms with E-state index in [2.05, 4.69) is 17.1 Å². The van der Waals surface area contributed by atoms with Gasteiger partial charge in [0.2, 0.25) is 5.91 Å². The number of benzene rings is 1. The van der Waals surface area contributed by atoms with Crippen molar-refractivity contribution in [3.05, 3.63) is 35.9 Å². The molecule has 4 heteroatoms. The van der Waals surface area contributed by atoms with E-state index in [4.69, 9.17) is 0 Å². The van der Waals surface area contributed by atoms with Gasteiger partial charge in [-0.1, -0.05) is 37.3 Å². The van der Waals surface area contributed by atoms with Crippen LogP contribution >= 0.6 is 0 Å². The van der Waals surface area contributed by atoms with E-state index >= 15 is 0 Å². The summed E-state index contributed by atoms with van der Waals surface area (Å²) in [6, 6.07) is 9.92. The van der Waals surface area contributed by atoms with Crippen LogP contribution in [0.25, 0.3) is 0 Å². The van der Waals surface area contributed by atoms with Gasteiger partial charge in [-0.15, -0.1) is 0 Å². The molecule has 2 rings (SSSR count). The Morgan fingerprint density at radius 3 is 2.75 bits per heavy atom. The predicted octanol–water partition coefficient (Wildman–Crippen LogP) is 1.50. The molecule has 0 aliphatic carbocycles. The highest BCUT2D eigenvalue weighted by Gasteiger charge is 2.28. The summed E-state index contributed by atoms with van der Waals surface area (Å²) >= 11 is 0. The van der Waals surface area contributed by atoms with E-state index in [0.717, 1.165) is 44.7 Å². The quantitative estimate of drug-likeness (QED) is 0.904. The predicted molar refractivity (Wildman–Crippen MR) is 81.6 cm³/mol. The number of likely N-dealkylation sites (N-methyl/N-ethyl adjacent to an activating group) is 1. The Hall–Kier alpha value is -1.39. The van der Waals surface area contributed by atoms with Crippen molar-refractivity contribution in [1.82, 2.24) is 15.1 Å². The van der Waals surface area contributed by atoms with Gasteiger partial charge in [0, 0.05) is 19.6 Å². The van der Waals surface area contributed by atoms with Gasteiger partial charge in [0.25, 0.3) is 0 Å². The van der Waals surface area contributed by atoms with Crippen molar-refractivity contribution in [2.75, 3.05) is 39.8 Å². The fourth-order valence-corrected chi connectivity index (χ4v) is 2.64. The third-order valence-corrected chi connectivity index (χ3v) is 3.94. The number of carbonyl (C=O) groups is 1. The van der Waals surface area contributed by atoms with Crippen molar-refractivity contribution in [3.63, 3.8) is 0 Å². The second kappa shape index (κ2) is 7.41. The van der Waals surface area contributed by atoms with E-state index in [-0.39, 0.29) is 11.9 Å². The van der Waals surface area contributed by atoms with Gasteiger partial charge >= 0.3 is 0 Å². The van der Waals surface area contributed by atoms with Crippen LogP contribution in [0.4, 0.5) is 0 Å². The number of hydrogen-bond donors (Lipinski definition) is 1. The van der Waals surface area contributed by atoms with Crippen molar-refractivity contribution in [2.45, 2.75) is 19.4 Å². The monoisotopic (exact) mass is 275 g/mol. The topological polar surface area (TPSA) is 35.6 Å². The maximum absolute atomic E-state index is 12.9. The van der Waals surface area contributed by atoms with Crippen LogP contribution in [0.5, 0.6) is 0 Å². The number of hydrogen-bond acceptors (Lipinski definition) is 3. The lowest BCUT2D eigenvalue weighted by atomic mass is 10.0. The second-order valence-corrected chi connectivity index (χ2v) is 5.32. The first-order chi connectivity index (χ1) is 9.74. The third-order valence-electron chi connectivity index (χ3n) is 3.94. The molecule has 1 aliphatic heterocycles. The molecule has 1 saturated heterocycles. The van der Waals surface area contributed by atoms with Crippen LogP contribution < -0.4 is 5.32 Å². The molecular formula is C16H25N3O. The number of carbonyl (C=O) groups excluding carboxylic acids is 1. The highest BCUT2D eigenvalue weighted by molar-refractivity contribution is 5.83. The molecule has 110 valence electrons. The molecule has 1 atom stereocenters. The minimum atomic E-state index is -0.167. The maximum atomic E-state index is 12.9. The van der Waals surface area contributed by atoms with E-state index in [0.29, 0.717) is 0 Å². The fourth-order valence-electron chi connectivity index (χ4n) is 2.64. The largest absolute Gasteiger partial charge is 0.340 e. The lowest BCUT2D eigenvalue weighted by Gasteiger charge is -2.31. The number of amides is 1. The van der Waals surface area contributed by atoms with E-state index in [1.165, 1.54) is 0 Å². The molecule has 1 N–H and O–H groups in total. The van der Waals surface area contributed by atoms with Crippen LogP contribution in [0.1, 0.15) is 24.9 Å². The molecule has 0 bridgehead atoms. The molecule has 0 radical (unpaired) electrons. The zero-order valence-electron chi connectivity index (χ0n) is 12.5. The third kappa shape index (κ3) is 3.58. The standard InChI is InChI=1S/C16H25N3O/c1-3-18(2)15(14-8-5-4-6-9-14)16(20)19-12-7-10-17-11-13-19/h4-6,8-9,15,17H,3,7,10-13H2,1-2H3. The SMILES string of the molecule is CCN(C)C(C(=O)N1CCCNCC1)c1ccccc1. The van der Waals surface area contributed by atoms with E-state index in [1.54, 1.807) is 0 Å². The summed E-state index contributed by atoms with van der Waals surface area (Å²) in [4.78, 5) is 17.0.